The maximum atomic E-state index is 10.9. The van der Waals surface area contributed by atoms with Gasteiger partial charge in [-0.2, -0.15) is 0 Å². The Labute approximate surface area is 128 Å². The summed E-state index contributed by atoms with van der Waals surface area (Å²) >= 11 is 0. The third kappa shape index (κ3) is 2.92. The molecule has 0 bridgehead atoms. The molecule has 1 aliphatic carbocycles. The van der Waals surface area contributed by atoms with Gasteiger partial charge in [0.05, 0.1) is 13.2 Å². The van der Waals surface area contributed by atoms with Crippen molar-refractivity contribution in [3.05, 3.63) is 23.0 Å². The normalized spacial score (nSPS) is 19.0. The second-order valence-corrected chi connectivity index (χ2v) is 6.47. The molecule has 4 heteroatoms. The molecule has 0 amide bonds. The summed E-state index contributed by atoms with van der Waals surface area (Å²) in [6.45, 7) is 4.02. The van der Waals surface area contributed by atoms with Gasteiger partial charge in [0.2, 0.25) is 0 Å². The van der Waals surface area contributed by atoms with Crippen LogP contribution in [0.2, 0.25) is 0 Å². The van der Waals surface area contributed by atoms with Crippen molar-refractivity contribution in [3.63, 3.8) is 0 Å². The predicted molar refractivity (Wildman–Crippen MR) is 84.9 cm³/mol. The van der Waals surface area contributed by atoms with Crippen LogP contribution in [0, 0.1) is 13.8 Å². The molecule has 0 aliphatic heterocycles. The SMILES string of the molecule is COc1c(C)cnc(CC(O)C2(N(C)C)CCCC2)c1C. The lowest BCUT2D eigenvalue weighted by Crippen LogP contribution is -2.52. The van der Waals surface area contributed by atoms with E-state index in [9.17, 15) is 5.11 Å². The van der Waals surface area contributed by atoms with Gasteiger partial charge in [0, 0.05) is 35.0 Å². The van der Waals surface area contributed by atoms with E-state index in [0.717, 1.165) is 35.4 Å². The first-order chi connectivity index (χ1) is 9.92. The van der Waals surface area contributed by atoms with Crippen molar-refractivity contribution in [1.29, 1.82) is 0 Å². The number of hydrogen-bond acceptors (Lipinski definition) is 4. The van der Waals surface area contributed by atoms with Gasteiger partial charge in [-0.15, -0.1) is 0 Å². The minimum absolute atomic E-state index is 0.105. The standard InChI is InChI=1S/C17H28N2O2/c1-12-11-18-14(13(2)16(12)21-5)10-15(20)17(19(3)4)8-6-7-9-17/h11,15,20H,6-10H2,1-5H3. The lowest BCUT2D eigenvalue weighted by molar-refractivity contribution is -0.00313. The summed E-state index contributed by atoms with van der Waals surface area (Å²) in [7, 11) is 5.84. The molecule has 1 aliphatic rings. The summed E-state index contributed by atoms with van der Waals surface area (Å²) < 4.78 is 5.46. The van der Waals surface area contributed by atoms with E-state index in [1.54, 1.807) is 7.11 Å². The quantitative estimate of drug-likeness (QED) is 0.905. The van der Waals surface area contributed by atoms with Crippen molar-refractivity contribution in [3.8, 4) is 5.75 Å². The fraction of sp³-hybridized carbons (Fsp3) is 0.706. The van der Waals surface area contributed by atoms with Gasteiger partial charge in [0.1, 0.15) is 5.75 Å². The average Bonchev–Trinajstić information content (AvgIpc) is 2.93. The van der Waals surface area contributed by atoms with Crippen LogP contribution in [0.4, 0.5) is 0 Å². The van der Waals surface area contributed by atoms with Crippen LogP contribution in [0.5, 0.6) is 5.75 Å². The lowest BCUT2D eigenvalue weighted by atomic mass is 9.85. The third-order valence-electron chi connectivity index (χ3n) is 5.12. The predicted octanol–water partition coefficient (Wildman–Crippen LogP) is 2.48. The highest BCUT2D eigenvalue weighted by molar-refractivity contribution is 5.41. The number of ether oxygens (including phenoxy) is 1. The average molecular weight is 292 g/mol. The highest BCUT2D eigenvalue weighted by Gasteiger charge is 2.42. The van der Waals surface area contributed by atoms with Crippen molar-refractivity contribution in [2.75, 3.05) is 21.2 Å². The highest BCUT2D eigenvalue weighted by Crippen LogP contribution is 2.38. The molecule has 1 unspecified atom stereocenters. The summed E-state index contributed by atoms with van der Waals surface area (Å²) in [4.78, 5) is 6.73. The van der Waals surface area contributed by atoms with Crippen LogP contribution in [-0.2, 0) is 6.42 Å². The van der Waals surface area contributed by atoms with E-state index < -0.39 is 6.10 Å². The van der Waals surface area contributed by atoms with Gasteiger partial charge in [-0.3, -0.25) is 4.98 Å². The Balaban J connectivity index is 2.25. The first kappa shape index (κ1) is 16.2. The molecule has 1 aromatic heterocycles. The molecule has 2 rings (SSSR count). The minimum Gasteiger partial charge on any atom is -0.496 e. The van der Waals surface area contributed by atoms with Crippen molar-refractivity contribution < 1.29 is 9.84 Å². The van der Waals surface area contributed by atoms with Gasteiger partial charge in [0.15, 0.2) is 0 Å². The molecule has 1 N–H and O–H groups in total. The largest absolute Gasteiger partial charge is 0.496 e. The van der Waals surface area contributed by atoms with Crippen molar-refractivity contribution in [2.24, 2.45) is 0 Å². The van der Waals surface area contributed by atoms with Crippen molar-refractivity contribution >= 4 is 0 Å². The van der Waals surface area contributed by atoms with Crippen LogP contribution in [0.3, 0.4) is 0 Å². The topological polar surface area (TPSA) is 45.6 Å². The number of aryl methyl sites for hydroxylation is 1. The zero-order valence-electron chi connectivity index (χ0n) is 13.9. The second-order valence-electron chi connectivity index (χ2n) is 6.47. The molecule has 0 aromatic carbocycles. The van der Waals surface area contributed by atoms with E-state index in [-0.39, 0.29) is 5.54 Å². The van der Waals surface area contributed by atoms with Gasteiger partial charge in [-0.25, -0.2) is 0 Å². The number of methoxy groups -OCH3 is 1. The monoisotopic (exact) mass is 292 g/mol. The molecule has 4 nitrogen and oxygen atoms in total. The number of pyridine rings is 1. The minimum atomic E-state index is -0.395. The highest BCUT2D eigenvalue weighted by atomic mass is 16.5. The Morgan fingerprint density at radius 2 is 1.95 bits per heavy atom. The number of rotatable bonds is 5. The first-order valence-corrected chi connectivity index (χ1v) is 7.77. The summed E-state index contributed by atoms with van der Waals surface area (Å²) in [6.07, 6.45) is 6.53. The molecular formula is C17H28N2O2. The Morgan fingerprint density at radius 3 is 2.48 bits per heavy atom. The molecule has 21 heavy (non-hydrogen) atoms. The molecular weight excluding hydrogens is 264 g/mol. The third-order valence-corrected chi connectivity index (χ3v) is 5.12. The number of likely N-dealkylation sites (N-methyl/N-ethyl adjacent to an activating group) is 1. The summed E-state index contributed by atoms with van der Waals surface area (Å²) in [6, 6.07) is 0. The zero-order valence-corrected chi connectivity index (χ0v) is 13.9. The van der Waals surface area contributed by atoms with E-state index in [1.165, 1.54) is 12.8 Å². The van der Waals surface area contributed by atoms with Crippen LogP contribution in [0.25, 0.3) is 0 Å². The van der Waals surface area contributed by atoms with Gasteiger partial charge < -0.3 is 14.7 Å². The number of aliphatic hydroxyl groups excluding tert-OH is 1. The molecule has 1 atom stereocenters. The Bertz CT molecular complexity index is 494. The molecule has 1 fully saturated rings. The number of aliphatic hydroxyl groups is 1. The Kier molecular flexibility index (Phi) is 4.89. The molecule has 0 radical (unpaired) electrons. The molecule has 0 spiro atoms. The smallest absolute Gasteiger partial charge is 0.128 e. The van der Waals surface area contributed by atoms with Crippen LogP contribution >= 0.6 is 0 Å². The van der Waals surface area contributed by atoms with E-state index in [4.69, 9.17) is 4.74 Å². The Hall–Kier alpha value is -1.13. The van der Waals surface area contributed by atoms with Gasteiger partial charge in [-0.05, 0) is 40.8 Å². The second kappa shape index (κ2) is 6.32. The van der Waals surface area contributed by atoms with Crippen molar-refractivity contribution in [1.82, 2.24) is 9.88 Å². The number of hydrogen-bond donors (Lipinski definition) is 1. The first-order valence-electron chi connectivity index (χ1n) is 7.77. The summed E-state index contributed by atoms with van der Waals surface area (Å²) in [5, 5.41) is 10.9. The fourth-order valence-corrected chi connectivity index (χ4v) is 3.72. The molecule has 1 heterocycles. The number of nitrogens with zero attached hydrogens (tertiary/aromatic N) is 2. The summed E-state index contributed by atoms with van der Waals surface area (Å²) in [5.74, 6) is 0.887. The van der Waals surface area contributed by atoms with E-state index in [0.29, 0.717) is 6.42 Å². The molecule has 118 valence electrons. The van der Waals surface area contributed by atoms with Gasteiger partial charge in [0.25, 0.3) is 0 Å². The Morgan fingerprint density at radius 1 is 1.33 bits per heavy atom. The zero-order chi connectivity index (χ0) is 15.6. The molecule has 1 aromatic rings. The molecule has 1 saturated carbocycles. The van der Waals surface area contributed by atoms with Crippen LogP contribution in [0.15, 0.2) is 6.20 Å². The fourth-order valence-electron chi connectivity index (χ4n) is 3.72. The molecule has 0 saturated heterocycles. The number of aromatic nitrogens is 1. The van der Waals surface area contributed by atoms with Crippen molar-refractivity contribution in [2.45, 2.75) is 57.6 Å². The lowest BCUT2D eigenvalue weighted by Gasteiger charge is -2.40. The van der Waals surface area contributed by atoms with Gasteiger partial charge in [-0.1, -0.05) is 12.8 Å². The maximum absolute atomic E-state index is 10.9. The van der Waals surface area contributed by atoms with Crippen LogP contribution in [-0.4, -0.2) is 47.8 Å². The van der Waals surface area contributed by atoms with E-state index >= 15 is 0 Å². The van der Waals surface area contributed by atoms with Crippen LogP contribution in [0.1, 0.15) is 42.5 Å². The van der Waals surface area contributed by atoms with Gasteiger partial charge >= 0.3 is 0 Å². The van der Waals surface area contributed by atoms with E-state index in [2.05, 4.69) is 24.0 Å². The van der Waals surface area contributed by atoms with E-state index in [1.807, 2.05) is 20.0 Å². The summed E-state index contributed by atoms with van der Waals surface area (Å²) in [5.41, 5.74) is 2.92. The maximum Gasteiger partial charge on any atom is 0.128 e. The van der Waals surface area contributed by atoms with Crippen LogP contribution < -0.4 is 4.74 Å².